The first-order valence-electron chi connectivity index (χ1n) is 10.3. The maximum absolute atomic E-state index is 5.60. The van der Waals surface area contributed by atoms with E-state index in [1.54, 1.807) is 6.26 Å². The number of para-hydroxylation sites is 1. The molecule has 30 heavy (non-hydrogen) atoms. The lowest BCUT2D eigenvalue weighted by Crippen LogP contribution is -2.38. The minimum absolute atomic E-state index is 0.456. The van der Waals surface area contributed by atoms with E-state index in [2.05, 4.69) is 63.8 Å². The Bertz CT molecular complexity index is 1130. The van der Waals surface area contributed by atoms with Gasteiger partial charge in [0.05, 0.1) is 6.54 Å². The van der Waals surface area contributed by atoms with Crippen LogP contribution in [0.15, 0.2) is 70.4 Å². The Morgan fingerprint density at radius 1 is 1.10 bits per heavy atom. The van der Waals surface area contributed by atoms with E-state index in [4.69, 9.17) is 4.42 Å². The van der Waals surface area contributed by atoms with E-state index in [9.17, 15) is 0 Å². The van der Waals surface area contributed by atoms with Crippen LogP contribution in [0.3, 0.4) is 0 Å². The van der Waals surface area contributed by atoms with Crippen molar-refractivity contribution in [3.05, 3.63) is 77.8 Å². The fourth-order valence-electron chi connectivity index (χ4n) is 3.48. The Balaban J connectivity index is 1.37. The molecular formula is C24H27N5O. The number of rotatable bonds is 7. The largest absolute Gasteiger partial charge is 0.444 e. The molecular weight excluding hydrogens is 374 g/mol. The molecule has 0 saturated carbocycles. The number of hydrogen-bond donors (Lipinski definition) is 3. The van der Waals surface area contributed by atoms with Crippen LogP contribution >= 0.6 is 0 Å². The van der Waals surface area contributed by atoms with E-state index in [0.717, 1.165) is 36.7 Å². The number of benzene rings is 2. The van der Waals surface area contributed by atoms with Gasteiger partial charge in [0, 0.05) is 35.8 Å². The number of hydrogen-bond acceptors (Lipinski definition) is 3. The zero-order chi connectivity index (χ0) is 20.8. The van der Waals surface area contributed by atoms with Gasteiger partial charge in [0.15, 0.2) is 5.96 Å². The third-order valence-electron chi connectivity index (χ3n) is 5.01. The van der Waals surface area contributed by atoms with Gasteiger partial charge in [-0.1, -0.05) is 36.4 Å². The molecule has 0 aliphatic rings. The van der Waals surface area contributed by atoms with E-state index in [0.29, 0.717) is 12.4 Å². The third-order valence-corrected chi connectivity index (χ3v) is 5.01. The van der Waals surface area contributed by atoms with E-state index in [1.807, 2.05) is 30.3 Å². The number of fused-ring (bicyclic) bond motifs is 1. The van der Waals surface area contributed by atoms with Crippen molar-refractivity contribution < 1.29 is 4.42 Å². The zero-order valence-electron chi connectivity index (χ0n) is 17.4. The summed E-state index contributed by atoms with van der Waals surface area (Å²) in [6, 6.07) is 16.3. The Morgan fingerprint density at radius 3 is 2.80 bits per heavy atom. The first kappa shape index (κ1) is 19.8. The second kappa shape index (κ2) is 9.31. The molecule has 2 heterocycles. The lowest BCUT2D eigenvalue weighted by atomic mass is 10.1. The van der Waals surface area contributed by atoms with Gasteiger partial charge in [-0.3, -0.25) is 0 Å². The number of aryl methyl sites for hydroxylation is 1. The lowest BCUT2D eigenvalue weighted by Gasteiger charge is -2.10. The second-order valence-corrected chi connectivity index (χ2v) is 7.19. The maximum Gasteiger partial charge on any atom is 0.226 e. The lowest BCUT2D eigenvalue weighted by molar-refractivity contribution is 0.572. The predicted octanol–water partition coefficient (Wildman–Crippen LogP) is 4.43. The van der Waals surface area contributed by atoms with Crippen LogP contribution in [0.4, 0.5) is 0 Å². The molecule has 0 aliphatic carbocycles. The van der Waals surface area contributed by atoms with Crippen molar-refractivity contribution in [3.8, 4) is 11.5 Å². The van der Waals surface area contributed by atoms with Crippen molar-refractivity contribution in [3.63, 3.8) is 0 Å². The molecule has 154 valence electrons. The molecule has 0 aliphatic heterocycles. The van der Waals surface area contributed by atoms with Crippen molar-refractivity contribution in [1.29, 1.82) is 0 Å². The van der Waals surface area contributed by atoms with Crippen LogP contribution in [0.25, 0.3) is 22.4 Å². The molecule has 6 nitrogen and oxygen atoms in total. The maximum atomic E-state index is 5.60. The molecule has 0 amide bonds. The quantitative estimate of drug-likeness (QED) is 0.316. The number of nitrogens with zero attached hydrogens (tertiary/aromatic N) is 2. The first-order valence-corrected chi connectivity index (χ1v) is 10.3. The molecule has 0 fully saturated rings. The second-order valence-electron chi connectivity index (χ2n) is 7.19. The van der Waals surface area contributed by atoms with Gasteiger partial charge in [0.1, 0.15) is 12.0 Å². The van der Waals surface area contributed by atoms with Crippen LogP contribution in [0.2, 0.25) is 0 Å². The molecule has 2 aromatic carbocycles. The molecule has 0 unspecified atom stereocenters. The minimum Gasteiger partial charge on any atom is -0.444 e. The summed E-state index contributed by atoms with van der Waals surface area (Å²) in [6.45, 7) is 6.23. The topological polar surface area (TPSA) is 78.2 Å². The number of guanidine groups is 1. The Hall–Kier alpha value is -3.54. The minimum atomic E-state index is 0.456. The highest BCUT2D eigenvalue weighted by Crippen LogP contribution is 2.21. The van der Waals surface area contributed by atoms with Gasteiger partial charge in [0.2, 0.25) is 5.89 Å². The normalized spacial score (nSPS) is 11.7. The molecule has 0 atom stereocenters. The summed E-state index contributed by atoms with van der Waals surface area (Å²) >= 11 is 0. The summed E-state index contributed by atoms with van der Waals surface area (Å²) in [4.78, 5) is 12.6. The summed E-state index contributed by atoms with van der Waals surface area (Å²) in [7, 11) is 0. The molecule has 0 radical (unpaired) electrons. The molecule has 6 heteroatoms. The summed E-state index contributed by atoms with van der Waals surface area (Å²) in [5.74, 6) is 1.39. The van der Waals surface area contributed by atoms with Crippen molar-refractivity contribution in [1.82, 2.24) is 20.6 Å². The Kier molecular flexibility index (Phi) is 6.13. The summed E-state index contributed by atoms with van der Waals surface area (Å²) in [5.41, 5.74) is 5.56. The third kappa shape index (κ3) is 4.54. The number of aliphatic imine (C=N–C) groups is 1. The first-order chi connectivity index (χ1) is 14.7. The molecule has 0 bridgehead atoms. The Morgan fingerprint density at radius 2 is 1.97 bits per heavy atom. The van der Waals surface area contributed by atoms with Crippen LogP contribution in [0, 0.1) is 6.92 Å². The highest BCUT2D eigenvalue weighted by molar-refractivity contribution is 5.86. The highest BCUT2D eigenvalue weighted by atomic mass is 16.3. The van der Waals surface area contributed by atoms with Crippen molar-refractivity contribution in [2.24, 2.45) is 4.99 Å². The van der Waals surface area contributed by atoms with Crippen LogP contribution in [0.5, 0.6) is 0 Å². The van der Waals surface area contributed by atoms with Gasteiger partial charge in [-0.25, -0.2) is 9.98 Å². The fourth-order valence-corrected chi connectivity index (χ4v) is 3.48. The summed E-state index contributed by atoms with van der Waals surface area (Å²) < 4.78 is 5.60. The SMILES string of the molecule is CCNC(=NCc1coc(-c2ccccc2)n1)NCCc1c[nH]c2c(C)cccc12. The fraction of sp³-hybridized carbons (Fsp3) is 0.250. The highest BCUT2D eigenvalue weighted by Gasteiger charge is 2.08. The molecule has 3 N–H and O–H groups in total. The van der Waals surface area contributed by atoms with Gasteiger partial charge >= 0.3 is 0 Å². The van der Waals surface area contributed by atoms with Crippen molar-refractivity contribution in [2.45, 2.75) is 26.8 Å². The van der Waals surface area contributed by atoms with Gasteiger partial charge in [0.25, 0.3) is 0 Å². The molecule has 4 aromatic rings. The zero-order valence-corrected chi connectivity index (χ0v) is 17.4. The van der Waals surface area contributed by atoms with Crippen LogP contribution in [-0.2, 0) is 13.0 Å². The average Bonchev–Trinajstić information content (AvgIpc) is 3.41. The van der Waals surface area contributed by atoms with E-state index >= 15 is 0 Å². The van der Waals surface area contributed by atoms with E-state index < -0.39 is 0 Å². The summed E-state index contributed by atoms with van der Waals surface area (Å²) in [5, 5.41) is 7.99. The van der Waals surface area contributed by atoms with E-state index in [1.165, 1.54) is 22.0 Å². The average molecular weight is 402 g/mol. The molecule has 0 saturated heterocycles. The predicted molar refractivity (Wildman–Crippen MR) is 121 cm³/mol. The smallest absolute Gasteiger partial charge is 0.226 e. The van der Waals surface area contributed by atoms with Crippen molar-refractivity contribution in [2.75, 3.05) is 13.1 Å². The molecule has 2 aromatic heterocycles. The standard InChI is InChI=1S/C24H27N5O/c1-3-25-24(26-13-12-19-14-27-22-17(2)8-7-11-21(19)22)28-15-20-16-30-23(29-20)18-9-5-4-6-10-18/h4-11,14,16,27H,3,12-13,15H2,1-2H3,(H2,25,26,28). The van der Waals surface area contributed by atoms with Gasteiger partial charge in [-0.05, 0) is 43.5 Å². The molecule has 0 spiro atoms. The number of H-pyrrole nitrogens is 1. The number of nitrogens with one attached hydrogen (secondary N) is 3. The van der Waals surface area contributed by atoms with Crippen LogP contribution in [0.1, 0.15) is 23.7 Å². The monoisotopic (exact) mass is 401 g/mol. The van der Waals surface area contributed by atoms with Crippen molar-refractivity contribution >= 4 is 16.9 Å². The van der Waals surface area contributed by atoms with Gasteiger partial charge in [-0.2, -0.15) is 0 Å². The van der Waals surface area contributed by atoms with Crippen LogP contribution < -0.4 is 10.6 Å². The summed E-state index contributed by atoms with van der Waals surface area (Å²) in [6.07, 6.45) is 4.68. The Labute approximate surface area is 176 Å². The van der Waals surface area contributed by atoms with Gasteiger partial charge < -0.3 is 20.0 Å². The van der Waals surface area contributed by atoms with Crippen LogP contribution in [-0.4, -0.2) is 29.0 Å². The molecule has 4 rings (SSSR count). The number of aromatic nitrogens is 2. The number of oxazole rings is 1. The van der Waals surface area contributed by atoms with E-state index in [-0.39, 0.29) is 0 Å². The van der Waals surface area contributed by atoms with Gasteiger partial charge in [-0.15, -0.1) is 0 Å². The number of aromatic amines is 1.